The summed E-state index contributed by atoms with van der Waals surface area (Å²) in [5, 5.41) is 0. The average Bonchev–Trinajstić information content (AvgIpc) is 2.90. The second kappa shape index (κ2) is 6.16. The molecule has 2 aromatic heterocycles. The summed E-state index contributed by atoms with van der Waals surface area (Å²) in [6, 6.07) is 7.89. The summed E-state index contributed by atoms with van der Waals surface area (Å²) in [7, 11) is 0. The fraction of sp³-hybridized carbons (Fsp3) is 0.312. The maximum atomic E-state index is 12.0. The molecule has 23 heavy (non-hydrogen) atoms. The van der Waals surface area contributed by atoms with Gasteiger partial charge < -0.3 is 4.98 Å². The van der Waals surface area contributed by atoms with E-state index in [1.165, 1.54) is 4.57 Å². The van der Waals surface area contributed by atoms with Crippen molar-refractivity contribution in [3.63, 3.8) is 0 Å². The lowest BCUT2D eigenvalue weighted by Crippen LogP contribution is -2.31. The van der Waals surface area contributed by atoms with Crippen LogP contribution in [0.4, 0.5) is 0 Å². The van der Waals surface area contributed by atoms with E-state index in [2.05, 4.69) is 30.9 Å². The molecule has 120 valence electrons. The standard InChI is InChI=1S/C16H17BrN4O2/c1-9(2)8-21-14-13(15(22)20-16(21)23)18-12(19-14)7-10-3-5-11(17)6-4-10/h3-6,9H,7-8H2,1-2H3,(H,18,19)(H,20,22,23). The summed E-state index contributed by atoms with van der Waals surface area (Å²) in [6.07, 6.45) is 0.567. The van der Waals surface area contributed by atoms with Crippen molar-refractivity contribution >= 4 is 27.1 Å². The van der Waals surface area contributed by atoms with E-state index in [0.717, 1.165) is 10.0 Å². The summed E-state index contributed by atoms with van der Waals surface area (Å²) in [6.45, 7) is 4.53. The van der Waals surface area contributed by atoms with Gasteiger partial charge in [-0.15, -0.1) is 0 Å². The second-order valence-corrected chi connectivity index (χ2v) is 6.86. The number of hydrogen-bond acceptors (Lipinski definition) is 3. The zero-order valence-electron chi connectivity index (χ0n) is 12.9. The molecule has 2 heterocycles. The van der Waals surface area contributed by atoms with Gasteiger partial charge in [0.05, 0.1) is 0 Å². The number of aromatic nitrogens is 4. The molecule has 7 heteroatoms. The first kappa shape index (κ1) is 15.7. The lowest BCUT2D eigenvalue weighted by Gasteiger charge is -2.07. The molecule has 0 bridgehead atoms. The Balaban J connectivity index is 2.07. The summed E-state index contributed by atoms with van der Waals surface area (Å²) < 4.78 is 2.52. The molecular formula is C16H17BrN4O2. The van der Waals surface area contributed by atoms with Crippen molar-refractivity contribution in [1.29, 1.82) is 0 Å². The molecule has 0 aliphatic rings. The fourth-order valence-electron chi connectivity index (χ4n) is 2.50. The third kappa shape index (κ3) is 3.29. The third-order valence-corrected chi connectivity index (χ3v) is 4.04. The third-order valence-electron chi connectivity index (χ3n) is 3.51. The molecule has 1 aromatic carbocycles. The minimum absolute atomic E-state index is 0.272. The van der Waals surface area contributed by atoms with Gasteiger partial charge in [0.2, 0.25) is 0 Å². The van der Waals surface area contributed by atoms with Crippen molar-refractivity contribution in [3.05, 3.63) is 61.0 Å². The largest absolute Gasteiger partial charge is 0.336 e. The van der Waals surface area contributed by atoms with E-state index in [1.54, 1.807) is 0 Å². The summed E-state index contributed by atoms with van der Waals surface area (Å²) in [5.41, 5.74) is 0.982. The van der Waals surface area contributed by atoms with Crippen LogP contribution in [0.5, 0.6) is 0 Å². The number of nitrogens with zero attached hydrogens (tertiary/aromatic N) is 2. The molecule has 0 radical (unpaired) electrons. The quantitative estimate of drug-likeness (QED) is 0.733. The molecule has 0 fully saturated rings. The van der Waals surface area contributed by atoms with Crippen molar-refractivity contribution in [2.24, 2.45) is 5.92 Å². The SMILES string of the molecule is CC(C)Cn1c(=O)[nH]c(=O)c2[nH]c(Cc3ccc(Br)cc3)nc21. The van der Waals surface area contributed by atoms with Crippen molar-refractivity contribution in [1.82, 2.24) is 19.5 Å². The summed E-state index contributed by atoms with van der Waals surface area (Å²) >= 11 is 3.40. The average molecular weight is 377 g/mol. The molecule has 0 amide bonds. The van der Waals surface area contributed by atoms with Gasteiger partial charge in [0.25, 0.3) is 5.56 Å². The number of H-pyrrole nitrogens is 2. The highest BCUT2D eigenvalue weighted by molar-refractivity contribution is 9.10. The number of imidazole rings is 1. The lowest BCUT2D eigenvalue weighted by atomic mass is 10.1. The molecule has 0 saturated heterocycles. The maximum Gasteiger partial charge on any atom is 0.330 e. The van der Waals surface area contributed by atoms with Crippen LogP contribution in [0.3, 0.4) is 0 Å². The van der Waals surface area contributed by atoms with E-state index in [-0.39, 0.29) is 5.92 Å². The normalized spacial score (nSPS) is 11.5. The number of nitrogens with one attached hydrogen (secondary N) is 2. The first-order chi connectivity index (χ1) is 10.9. The van der Waals surface area contributed by atoms with Gasteiger partial charge in [0.15, 0.2) is 5.65 Å². The van der Waals surface area contributed by atoms with Crippen molar-refractivity contribution in [2.75, 3.05) is 0 Å². The number of benzene rings is 1. The Kier molecular flexibility index (Phi) is 4.21. The summed E-state index contributed by atoms with van der Waals surface area (Å²) in [5.74, 6) is 0.935. The molecule has 2 N–H and O–H groups in total. The van der Waals surface area contributed by atoms with Crippen LogP contribution >= 0.6 is 15.9 Å². The van der Waals surface area contributed by atoms with Crippen LogP contribution in [0.25, 0.3) is 11.2 Å². The van der Waals surface area contributed by atoms with Crippen molar-refractivity contribution < 1.29 is 0 Å². The van der Waals surface area contributed by atoms with E-state index in [0.29, 0.717) is 30.0 Å². The molecule has 0 aliphatic heterocycles. The predicted molar refractivity (Wildman–Crippen MR) is 92.8 cm³/mol. The van der Waals surface area contributed by atoms with Crippen LogP contribution < -0.4 is 11.2 Å². The summed E-state index contributed by atoms with van der Waals surface area (Å²) in [4.78, 5) is 33.9. The zero-order valence-corrected chi connectivity index (χ0v) is 14.5. The van der Waals surface area contributed by atoms with Crippen LogP contribution in [-0.4, -0.2) is 19.5 Å². The number of rotatable bonds is 4. The molecule has 0 atom stereocenters. The minimum Gasteiger partial charge on any atom is -0.336 e. The van der Waals surface area contributed by atoms with E-state index in [4.69, 9.17) is 0 Å². The lowest BCUT2D eigenvalue weighted by molar-refractivity contribution is 0.513. The van der Waals surface area contributed by atoms with Crippen LogP contribution in [0.2, 0.25) is 0 Å². The van der Waals surface area contributed by atoms with Gasteiger partial charge in [-0.25, -0.2) is 9.78 Å². The Hall–Kier alpha value is -2.15. The number of halogens is 1. The smallest absolute Gasteiger partial charge is 0.330 e. The molecule has 0 aliphatic carbocycles. The highest BCUT2D eigenvalue weighted by Gasteiger charge is 2.14. The van der Waals surface area contributed by atoms with Crippen molar-refractivity contribution in [2.45, 2.75) is 26.8 Å². The number of hydrogen-bond donors (Lipinski definition) is 2. The minimum atomic E-state index is -0.431. The maximum absolute atomic E-state index is 12.0. The topological polar surface area (TPSA) is 83.5 Å². The Morgan fingerprint density at radius 1 is 1.17 bits per heavy atom. The molecule has 3 rings (SSSR count). The highest BCUT2D eigenvalue weighted by atomic mass is 79.9. The number of aromatic amines is 2. The van der Waals surface area contributed by atoms with Gasteiger partial charge in [-0.05, 0) is 23.6 Å². The zero-order chi connectivity index (χ0) is 16.6. The van der Waals surface area contributed by atoms with Crippen LogP contribution in [-0.2, 0) is 13.0 Å². The molecule has 0 unspecified atom stereocenters. The first-order valence-electron chi connectivity index (χ1n) is 7.40. The van der Waals surface area contributed by atoms with Gasteiger partial charge in [-0.2, -0.15) is 0 Å². The van der Waals surface area contributed by atoms with Gasteiger partial charge in [0, 0.05) is 17.4 Å². The Morgan fingerprint density at radius 3 is 2.52 bits per heavy atom. The molecule has 0 saturated carbocycles. The molecule has 6 nitrogen and oxygen atoms in total. The van der Waals surface area contributed by atoms with Gasteiger partial charge in [0.1, 0.15) is 11.3 Å². The Morgan fingerprint density at radius 2 is 1.87 bits per heavy atom. The van der Waals surface area contributed by atoms with Gasteiger partial charge in [-0.1, -0.05) is 41.9 Å². The van der Waals surface area contributed by atoms with E-state index >= 15 is 0 Å². The van der Waals surface area contributed by atoms with E-state index in [1.807, 2.05) is 38.1 Å². The highest BCUT2D eigenvalue weighted by Crippen LogP contribution is 2.14. The second-order valence-electron chi connectivity index (χ2n) is 5.95. The predicted octanol–water partition coefficient (Wildman–Crippen LogP) is 2.42. The Bertz CT molecular complexity index is 951. The van der Waals surface area contributed by atoms with Crippen LogP contribution in [0, 0.1) is 5.92 Å². The fourth-order valence-corrected chi connectivity index (χ4v) is 2.77. The van der Waals surface area contributed by atoms with E-state index in [9.17, 15) is 9.59 Å². The molecular weight excluding hydrogens is 360 g/mol. The van der Waals surface area contributed by atoms with E-state index < -0.39 is 11.2 Å². The Labute approximate surface area is 140 Å². The van der Waals surface area contributed by atoms with Crippen LogP contribution in [0.1, 0.15) is 25.2 Å². The van der Waals surface area contributed by atoms with Gasteiger partial charge >= 0.3 is 5.69 Å². The monoisotopic (exact) mass is 376 g/mol. The van der Waals surface area contributed by atoms with Gasteiger partial charge in [-0.3, -0.25) is 14.3 Å². The first-order valence-corrected chi connectivity index (χ1v) is 8.19. The van der Waals surface area contributed by atoms with Crippen molar-refractivity contribution in [3.8, 4) is 0 Å². The number of fused-ring (bicyclic) bond motifs is 1. The molecule has 3 aromatic rings. The van der Waals surface area contributed by atoms with Crippen LogP contribution in [0.15, 0.2) is 38.3 Å². The molecule has 0 spiro atoms.